The molecule has 2 unspecified atom stereocenters. The lowest BCUT2D eigenvalue weighted by molar-refractivity contribution is -0.160. The molecule has 8 heteroatoms. The summed E-state index contributed by atoms with van der Waals surface area (Å²) in [5.41, 5.74) is -1.83. The number of aliphatic hydroxyl groups excluding tert-OH is 1. The van der Waals surface area contributed by atoms with Crippen LogP contribution < -0.4 is 0 Å². The van der Waals surface area contributed by atoms with Crippen molar-refractivity contribution in [2.75, 3.05) is 26.3 Å². The number of fused-ring (bicyclic) bond motifs is 1. The first kappa shape index (κ1) is 24.7. The first-order valence-corrected chi connectivity index (χ1v) is 11.9. The van der Waals surface area contributed by atoms with E-state index in [-0.39, 0.29) is 31.1 Å². The first-order valence-electron chi connectivity index (χ1n) is 11.9. The van der Waals surface area contributed by atoms with Crippen molar-refractivity contribution >= 4 is 17.8 Å². The monoisotopic (exact) mass is 450 g/mol. The smallest absolute Gasteiger partial charge is 0.312 e. The van der Waals surface area contributed by atoms with Gasteiger partial charge in [0, 0.05) is 25.7 Å². The van der Waals surface area contributed by atoms with Gasteiger partial charge in [-0.05, 0) is 59.8 Å². The van der Waals surface area contributed by atoms with Crippen LogP contribution in [0.1, 0.15) is 59.8 Å². The van der Waals surface area contributed by atoms with Gasteiger partial charge < -0.3 is 24.4 Å². The zero-order valence-electron chi connectivity index (χ0n) is 19.8. The van der Waals surface area contributed by atoms with Gasteiger partial charge >= 0.3 is 5.97 Å². The second-order valence-electron chi connectivity index (χ2n) is 9.67. The molecule has 0 saturated carbocycles. The summed E-state index contributed by atoms with van der Waals surface area (Å²) in [6.45, 7) is 12.4. The standard InChI is InChI=1S/C24H38N2O6/c1-6-13-25(16(3)4)21(29)19-24-12-11-23(5,32-24)18(22(30)31-7-2)17(24)20(28)26(19)14-9-8-10-15-27/h6,16-19,27H,1,7-15H2,2-5H3/t17-,18+,19?,23-,24?/m0/s1. The molecule has 0 radical (unpaired) electrons. The molecule has 0 aliphatic carbocycles. The SMILES string of the molecule is C=CCN(C(=O)C1N(CCCCCO)C(=O)[C@@H]2[C@H](C(=O)OCC)[C@]3(C)CCC12O3)C(C)C. The van der Waals surface area contributed by atoms with Crippen molar-refractivity contribution in [3.63, 3.8) is 0 Å². The molecule has 1 N–H and O–H groups in total. The second-order valence-corrected chi connectivity index (χ2v) is 9.67. The predicted molar refractivity (Wildman–Crippen MR) is 119 cm³/mol. The van der Waals surface area contributed by atoms with Crippen LogP contribution in [0.4, 0.5) is 0 Å². The Morgan fingerprint density at radius 1 is 1.34 bits per heavy atom. The van der Waals surface area contributed by atoms with E-state index in [0.717, 1.165) is 6.42 Å². The molecular weight excluding hydrogens is 412 g/mol. The summed E-state index contributed by atoms with van der Waals surface area (Å²) in [7, 11) is 0. The third-order valence-electron chi connectivity index (χ3n) is 7.34. The summed E-state index contributed by atoms with van der Waals surface area (Å²) in [6.07, 6.45) is 4.91. The molecular formula is C24H38N2O6. The molecule has 0 aromatic heterocycles. The highest BCUT2D eigenvalue weighted by molar-refractivity contribution is 5.98. The van der Waals surface area contributed by atoms with E-state index in [0.29, 0.717) is 38.8 Å². The Bertz CT molecular complexity index is 755. The molecule has 32 heavy (non-hydrogen) atoms. The highest BCUT2D eigenvalue weighted by Gasteiger charge is 2.78. The molecule has 8 nitrogen and oxygen atoms in total. The molecule has 3 heterocycles. The van der Waals surface area contributed by atoms with E-state index in [1.807, 2.05) is 20.8 Å². The third kappa shape index (κ3) is 3.85. The number of ether oxygens (including phenoxy) is 2. The van der Waals surface area contributed by atoms with Crippen molar-refractivity contribution in [1.29, 1.82) is 0 Å². The lowest BCUT2D eigenvalue weighted by Gasteiger charge is -2.38. The van der Waals surface area contributed by atoms with Crippen LogP contribution in [-0.4, -0.2) is 82.3 Å². The van der Waals surface area contributed by atoms with Gasteiger partial charge in [-0.25, -0.2) is 0 Å². The number of carbonyl (C=O) groups excluding carboxylic acids is 3. The van der Waals surface area contributed by atoms with Crippen LogP contribution in [0.25, 0.3) is 0 Å². The largest absolute Gasteiger partial charge is 0.466 e. The summed E-state index contributed by atoms with van der Waals surface area (Å²) in [5.74, 6) is -2.21. The molecule has 3 aliphatic rings. The van der Waals surface area contributed by atoms with Gasteiger partial charge in [0.15, 0.2) is 0 Å². The van der Waals surface area contributed by atoms with Gasteiger partial charge in [0.25, 0.3) is 0 Å². The van der Waals surface area contributed by atoms with Crippen molar-refractivity contribution < 1.29 is 29.0 Å². The number of amides is 2. The number of aliphatic hydroxyl groups is 1. The van der Waals surface area contributed by atoms with Gasteiger partial charge in [0.1, 0.15) is 17.6 Å². The van der Waals surface area contributed by atoms with E-state index in [9.17, 15) is 14.4 Å². The van der Waals surface area contributed by atoms with E-state index >= 15 is 0 Å². The predicted octanol–water partition coefficient (Wildman–Crippen LogP) is 1.90. The van der Waals surface area contributed by atoms with Gasteiger partial charge in [0.2, 0.25) is 11.8 Å². The maximum absolute atomic E-state index is 13.9. The van der Waals surface area contributed by atoms with Crippen LogP contribution in [0.3, 0.4) is 0 Å². The minimum Gasteiger partial charge on any atom is -0.466 e. The zero-order valence-corrected chi connectivity index (χ0v) is 19.8. The van der Waals surface area contributed by atoms with Crippen LogP contribution in [0.2, 0.25) is 0 Å². The van der Waals surface area contributed by atoms with Gasteiger partial charge in [-0.2, -0.15) is 0 Å². The number of nitrogens with zero attached hydrogens (tertiary/aromatic N) is 2. The van der Waals surface area contributed by atoms with Crippen LogP contribution in [0.5, 0.6) is 0 Å². The summed E-state index contributed by atoms with van der Waals surface area (Å²) >= 11 is 0. The van der Waals surface area contributed by atoms with Gasteiger partial charge in [-0.3, -0.25) is 14.4 Å². The molecule has 5 atom stereocenters. The molecule has 3 saturated heterocycles. The molecule has 1 spiro atoms. The first-order chi connectivity index (χ1) is 15.2. The Morgan fingerprint density at radius 3 is 2.66 bits per heavy atom. The van der Waals surface area contributed by atoms with Gasteiger partial charge in [0.05, 0.1) is 18.1 Å². The van der Waals surface area contributed by atoms with Crippen molar-refractivity contribution in [2.24, 2.45) is 11.8 Å². The summed E-state index contributed by atoms with van der Waals surface area (Å²) < 4.78 is 11.9. The van der Waals surface area contributed by atoms with E-state index in [2.05, 4.69) is 6.58 Å². The maximum atomic E-state index is 13.9. The Labute approximate surface area is 190 Å². The molecule has 0 aromatic rings. The number of hydrogen-bond acceptors (Lipinski definition) is 6. The van der Waals surface area contributed by atoms with E-state index in [1.165, 1.54) is 0 Å². The number of hydrogen-bond donors (Lipinski definition) is 1. The number of rotatable bonds is 11. The quantitative estimate of drug-likeness (QED) is 0.293. The highest BCUT2D eigenvalue weighted by atomic mass is 16.6. The highest BCUT2D eigenvalue weighted by Crippen LogP contribution is 2.63. The van der Waals surface area contributed by atoms with Crippen LogP contribution in [-0.2, 0) is 23.9 Å². The second kappa shape index (κ2) is 9.51. The average Bonchev–Trinajstić information content (AvgIpc) is 3.30. The van der Waals surface area contributed by atoms with Crippen molar-refractivity contribution in [1.82, 2.24) is 9.80 Å². The molecule has 180 valence electrons. The number of esters is 1. The molecule has 3 aliphatic heterocycles. The van der Waals surface area contributed by atoms with Gasteiger partial charge in [-0.1, -0.05) is 6.08 Å². The van der Waals surface area contributed by atoms with Crippen LogP contribution >= 0.6 is 0 Å². The number of likely N-dealkylation sites (tertiary alicyclic amines) is 1. The average molecular weight is 451 g/mol. The molecule has 3 rings (SSSR count). The topological polar surface area (TPSA) is 96.4 Å². The van der Waals surface area contributed by atoms with Crippen molar-refractivity contribution in [3.8, 4) is 0 Å². The van der Waals surface area contributed by atoms with Crippen molar-refractivity contribution in [3.05, 3.63) is 12.7 Å². The van der Waals surface area contributed by atoms with E-state index < -0.39 is 35.0 Å². The van der Waals surface area contributed by atoms with E-state index in [1.54, 1.807) is 22.8 Å². The third-order valence-corrected chi connectivity index (χ3v) is 7.34. The van der Waals surface area contributed by atoms with Crippen LogP contribution in [0, 0.1) is 11.8 Å². The lowest BCUT2D eigenvalue weighted by Crippen LogP contribution is -2.57. The van der Waals surface area contributed by atoms with E-state index in [4.69, 9.17) is 14.6 Å². The van der Waals surface area contributed by atoms with Crippen LogP contribution in [0.15, 0.2) is 12.7 Å². The minimum atomic E-state index is -1.02. The number of carbonyl (C=O) groups is 3. The molecule has 3 fully saturated rings. The Balaban J connectivity index is 2.01. The lowest BCUT2D eigenvalue weighted by atomic mass is 9.66. The zero-order chi connectivity index (χ0) is 23.7. The Morgan fingerprint density at radius 2 is 2.06 bits per heavy atom. The fraction of sp³-hybridized carbons (Fsp3) is 0.792. The fourth-order valence-electron chi connectivity index (χ4n) is 5.96. The summed E-state index contributed by atoms with van der Waals surface area (Å²) in [4.78, 5) is 44.0. The van der Waals surface area contributed by atoms with Gasteiger partial charge in [-0.15, -0.1) is 6.58 Å². The summed E-state index contributed by atoms with van der Waals surface area (Å²) in [6, 6.07) is -0.852. The minimum absolute atomic E-state index is 0.0719. The molecule has 0 aromatic carbocycles. The summed E-state index contributed by atoms with van der Waals surface area (Å²) in [5, 5.41) is 9.11. The maximum Gasteiger partial charge on any atom is 0.312 e. The van der Waals surface area contributed by atoms with Crippen molar-refractivity contribution in [2.45, 2.75) is 83.1 Å². The fourth-order valence-corrected chi connectivity index (χ4v) is 5.96. The molecule has 2 bridgehead atoms. The Hall–Kier alpha value is -1.93. The number of unbranched alkanes of at least 4 members (excludes halogenated alkanes) is 2. The normalized spacial score (nSPS) is 33.0. The molecule has 2 amide bonds. The Kier molecular flexibility index (Phi) is 7.34.